The van der Waals surface area contributed by atoms with E-state index in [2.05, 4.69) is 15.2 Å². The molecule has 0 spiro atoms. The molecule has 0 bridgehead atoms. The predicted octanol–water partition coefficient (Wildman–Crippen LogP) is 1.81. The van der Waals surface area contributed by atoms with Crippen molar-refractivity contribution in [3.63, 3.8) is 0 Å². The Labute approximate surface area is 186 Å². The van der Waals surface area contributed by atoms with Gasteiger partial charge in [-0.2, -0.15) is 0 Å². The summed E-state index contributed by atoms with van der Waals surface area (Å²) >= 11 is 0. The van der Waals surface area contributed by atoms with Gasteiger partial charge in [-0.25, -0.2) is 4.98 Å². The molecule has 0 aliphatic carbocycles. The van der Waals surface area contributed by atoms with Gasteiger partial charge in [-0.05, 0) is 24.6 Å². The number of carbonyl (C=O) groups is 3. The number of pyridine rings is 1. The highest BCUT2D eigenvalue weighted by Crippen LogP contribution is 2.22. The Morgan fingerprint density at radius 3 is 2.41 bits per heavy atom. The van der Waals surface area contributed by atoms with Gasteiger partial charge < -0.3 is 14.8 Å². The Balaban J connectivity index is 1.17. The van der Waals surface area contributed by atoms with Crippen LogP contribution in [0.2, 0.25) is 0 Å². The van der Waals surface area contributed by atoms with Crippen LogP contribution >= 0.6 is 0 Å². The molecule has 3 amide bonds. The molecule has 2 aromatic rings. The maximum Gasteiger partial charge on any atom is 0.261 e. The molecule has 0 atom stereocenters. The standard InChI is InChI=1S/C23H26N4O5/c28-20(6-3-9-27-22(29)18-4-1-2-5-19(18)23(27)30)25-17-7-8-21(24-16-17)32-15-12-26-10-13-31-14-11-26/h1-2,4-5,7-8,16H,3,6,9-15H2,(H,25,28). The third-order valence-electron chi connectivity index (χ3n) is 5.45. The lowest BCUT2D eigenvalue weighted by Crippen LogP contribution is -2.38. The van der Waals surface area contributed by atoms with E-state index in [4.69, 9.17) is 9.47 Å². The normalized spacial score (nSPS) is 16.2. The molecule has 2 aliphatic rings. The van der Waals surface area contributed by atoms with Crippen LogP contribution in [0.1, 0.15) is 33.6 Å². The molecule has 9 heteroatoms. The molecule has 0 saturated carbocycles. The molecule has 9 nitrogen and oxygen atoms in total. The Kier molecular flexibility index (Phi) is 7.08. The number of benzene rings is 1. The first-order valence-electron chi connectivity index (χ1n) is 10.8. The molecule has 1 saturated heterocycles. The summed E-state index contributed by atoms with van der Waals surface area (Å²) in [6, 6.07) is 10.2. The van der Waals surface area contributed by atoms with Crippen LogP contribution in [-0.2, 0) is 9.53 Å². The molecule has 168 valence electrons. The summed E-state index contributed by atoms with van der Waals surface area (Å²) in [5, 5.41) is 2.77. The van der Waals surface area contributed by atoms with Gasteiger partial charge in [0.15, 0.2) is 0 Å². The van der Waals surface area contributed by atoms with E-state index in [0.29, 0.717) is 35.7 Å². The van der Waals surface area contributed by atoms with Crippen molar-refractivity contribution < 1.29 is 23.9 Å². The van der Waals surface area contributed by atoms with E-state index in [9.17, 15) is 14.4 Å². The molecule has 1 aromatic heterocycles. The van der Waals surface area contributed by atoms with Crippen LogP contribution in [0.5, 0.6) is 5.88 Å². The van der Waals surface area contributed by atoms with E-state index in [1.807, 2.05) is 0 Å². The minimum atomic E-state index is -0.306. The zero-order chi connectivity index (χ0) is 22.3. The fourth-order valence-electron chi connectivity index (χ4n) is 3.71. The highest BCUT2D eigenvalue weighted by atomic mass is 16.5. The van der Waals surface area contributed by atoms with Crippen LogP contribution in [-0.4, -0.2) is 78.5 Å². The van der Waals surface area contributed by atoms with E-state index in [1.54, 1.807) is 42.6 Å². The number of hydrogen-bond acceptors (Lipinski definition) is 7. The SMILES string of the molecule is O=C(CCCN1C(=O)c2ccccc2C1=O)Nc1ccc(OCCN2CCOCC2)nc1. The number of rotatable bonds is 9. The number of nitrogens with one attached hydrogen (secondary N) is 1. The number of imide groups is 1. The predicted molar refractivity (Wildman–Crippen MR) is 117 cm³/mol. The van der Waals surface area contributed by atoms with Gasteiger partial charge in [0.05, 0.1) is 36.2 Å². The van der Waals surface area contributed by atoms with Gasteiger partial charge in [-0.1, -0.05) is 12.1 Å². The Bertz CT molecular complexity index is 938. The highest BCUT2D eigenvalue weighted by Gasteiger charge is 2.34. The van der Waals surface area contributed by atoms with E-state index >= 15 is 0 Å². The molecule has 3 heterocycles. The Morgan fingerprint density at radius 1 is 1.03 bits per heavy atom. The van der Waals surface area contributed by atoms with Crippen molar-refractivity contribution in [1.29, 1.82) is 0 Å². The largest absolute Gasteiger partial charge is 0.476 e. The number of hydrogen-bond donors (Lipinski definition) is 1. The Hall–Kier alpha value is -3.30. The van der Waals surface area contributed by atoms with Crippen LogP contribution in [0.25, 0.3) is 0 Å². The molecule has 1 aromatic carbocycles. The molecule has 4 rings (SSSR count). The molecule has 1 N–H and O–H groups in total. The fraction of sp³-hybridized carbons (Fsp3) is 0.391. The number of ether oxygens (including phenoxy) is 2. The summed E-state index contributed by atoms with van der Waals surface area (Å²) in [5.74, 6) is -0.315. The average molecular weight is 438 g/mol. The summed E-state index contributed by atoms with van der Waals surface area (Å²) in [7, 11) is 0. The van der Waals surface area contributed by atoms with Crippen LogP contribution < -0.4 is 10.1 Å². The topological polar surface area (TPSA) is 101 Å². The summed E-state index contributed by atoms with van der Waals surface area (Å²) in [5.41, 5.74) is 1.40. The van der Waals surface area contributed by atoms with Crippen LogP contribution in [0.4, 0.5) is 5.69 Å². The van der Waals surface area contributed by atoms with Crippen molar-refractivity contribution >= 4 is 23.4 Å². The summed E-state index contributed by atoms with van der Waals surface area (Å²) in [6.45, 7) is 4.89. The van der Waals surface area contributed by atoms with Gasteiger partial charge in [-0.15, -0.1) is 0 Å². The zero-order valence-corrected chi connectivity index (χ0v) is 17.8. The van der Waals surface area contributed by atoms with Gasteiger partial charge in [0.2, 0.25) is 11.8 Å². The first-order valence-corrected chi connectivity index (χ1v) is 10.8. The molecule has 1 fully saturated rings. The third kappa shape index (κ3) is 5.30. The minimum absolute atomic E-state index is 0.186. The average Bonchev–Trinajstić information content (AvgIpc) is 3.06. The van der Waals surface area contributed by atoms with Crippen LogP contribution in [0, 0.1) is 0 Å². The number of aromatic nitrogens is 1. The van der Waals surface area contributed by atoms with Crippen molar-refractivity contribution in [3.05, 3.63) is 53.7 Å². The lowest BCUT2D eigenvalue weighted by molar-refractivity contribution is -0.116. The van der Waals surface area contributed by atoms with Crippen molar-refractivity contribution in [2.24, 2.45) is 0 Å². The number of amides is 3. The monoisotopic (exact) mass is 438 g/mol. The van der Waals surface area contributed by atoms with Gasteiger partial charge in [0.1, 0.15) is 6.61 Å². The van der Waals surface area contributed by atoms with E-state index in [-0.39, 0.29) is 30.7 Å². The van der Waals surface area contributed by atoms with Crippen molar-refractivity contribution in [2.75, 3.05) is 51.3 Å². The number of carbonyl (C=O) groups excluding carboxylic acids is 3. The van der Waals surface area contributed by atoms with E-state index in [0.717, 1.165) is 32.8 Å². The molecule has 32 heavy (non-hydrogen) atoms. The number of nitrogens with zero attached hydrogens (tertiary/aromatic N) is 3. The Morgan fingerprint density at radius 2 is 1.75 bits per heavy atom. The zero-order valence-electron chi connectivity index (χ0n) is 17.8. The minimum Gasteiger partial charge on any atom is -0.476 e. The molecular weight excluding hydrogens is 412 g/mol. The molecule has 2 aliphatic heterocycles. The second-order valence-corrected chi connectivity index (χ2v) is 7.65. The maximum absolute atomic E-state index is 12.3. The second-order valence-electron chi connectivity index (χ2n) is 7.65. The summed E-state index contributed by atoms with van der Waals surface area (Å²) < 4.78 is 11.0. The molecule has 0 radical (unpaired) electrons. The number of morpholine rings is 1. The lowest BCUT2D eigenvalue weighted by Gasteiger charge is -2.26. The van der Waals surface area contributed by atoms with Crippen molar-refractivity contribution in [2.45, 2.75) is 12.8 Å². The lowest BCUT2D eigenvalue weighted by atomic mass is 10.1. The first kappa shape index (κ1) is 21.9. The summed E-state index contributed by atoms with van der Waals surface area (Å²) in [4.78, 5) is 44.6. The smallest absolute Gasteiger partial charge is 0.261 e. The van der Waals surface area contributed by atoms with Gasteiger partial charge in [-0.3, -0.25) is 24.2 Å². The summed E-state index contributed by atoms with van der Waals surface area (Å²) in [6.07, 6.45) is 2.12. The van der Waals surface area contributed by atoms with Crippen molar-refractivity contribution in [1.82, 2.24) is 14.8 Å². The van der Waals surface area contributed by atoms with Gasteiger partial charge in [0.25, 0.3) is 11.8 Å². The van der Waals surface area contributed by atoms with E-state index < -0.39 is 0 Å². The maximum atomic E-state index is 12.3. The highest BCUT2D eigenvalue weighted by molar-refractivity contribution is 6.21. The van der Waals surface area contributed by atoms with Crippen LogP contribution in [0.15, 0.2) is 42.6 Å². The van der Waals surface area contributed by atoms with Crippen molar-refractivity contribution in [3.8, 4) is 5.88 Å². The third-order valence-corrected chi connectivity index (χ3v) is 5.45. The second kappa shape index (κ2) is 10.3. The van der Waals surface area contributed by atoms with E-state index in [1.165, 1.54) is 4.90 Å². The van der Waals surface area contributed by atoms with Crippen LogP contribution in [0.3, 0.4) is 0 Å². The number of fused-ring (bicyclic) bond motifs is 1. The van der Waals surface area contributed by atoms with Gasteiger partial charge >= 0.3 is 0 Å². The molecular formula is C23H26N4O5. The fourth-order valence-corrected chi connectivity index (χ4v) is 3.71. The first-order chi connectivity index (χ1) is 15.6. The quantitative estimate of drug-likeness (QED) is 0.596. The molecule has 0 unspecified atom stereocenters. The van der Waals surface area contributed by atoms with Gasteiger partial charge in [0, 0.05) is 38.7 Å². The number of anilines is 1.